The van der Waals surface area contributed by atoms with Crippen LogP contribution >= 0.6 is 0 Å². The SMILES string of the molecule is O=C(O)[C@H]1CC=CC[C@H]1C(=O)NCc1ccccc1O. The number of amides is 1. The van der Waals surface area contributed by atoms with Crippen molar-refractivity contribution in [3.05, 3.63) is 42.0 Å². The first-order valence-corrected chi connectivity index (χ1v) is 6.52. The zero-order valence-electron chi connectivity index (χ0n) is 11.0. The molecular formula is C15H17NO4. The molecule has 0 bridgehead atoms. The summed E-state index contributed by atoms with van der Waals surface area (Å²) in [4.78, 5) is 23.3. The van der Waals surface area contributed by atoms with Crippen LogP contribution in [0.4, 0.5) is 0 Å². The Morgan fingerprint density at radius 3 is 2.45 bits per heavy atom. The molecule has 0 fully saturated rings. The molecule has 0 heterocycles. The summed E-state index contributed by atoms with van der Waals surface area (Å²) in [6, 6.07) is 6.73. The number of carbonyl (C=O) groups excluding carboxylic acids is 1. The highest BCUT2D eigenvalue weighted by Crippen LogP contribution is 2.26. The normalized spacial score (nSPS) is 21.4. The number of allylic oxidation sites excluding steroid dienone is 2. The van der Waals surface area contributed by atoms with Gasteiger partial charge in [0.25, 0.3) is 0 Å². The molecule has 1 aliphatic rings. The van der Waals surface area contributed by atoms with E-state index >= 15 is 0 Å². The van der Waals surface area contributed by atoms with Gasteiger partial charge in [0.15, 0.2) is 0 Å². The molecule has 1 aliphatic carbocycles. The number of nitrogens with one attached hydrogen (secondary N) is 1. The Morgan fingerprint density at radius 1 is 1.15 bits per heavy atom. The summed E-state index contributed by atoms with van der Waals surface area (Å²) in [6.07, 6.45) is 4.45. The molecule has 0 aliphatic heterocycles. The Morgan fingerprint density at radius 2 is 1.80 bits per heavy atom. The highest BCUT2D eigenvalue weighted by atomic mass is 16.4. The molecule has 0 aromatic heterocycles. The Balaban J connectivity index is 1.99. The second-order valence-electron chi connectivity index (χ2n) is 4.84. The molecule has 5 heteroatoms. The van der Waals surface area contributed by atoms with Gasteiger partial charge in [-0.25, -0.2) is 0 Å². The lowest BCUT2D eigenvalue weighted by molar-refractivity contribution is -0.147. The highest BCUT2D eigenvalue weighted by Gasteiger charge is 2.33. The molecule has 1 aromatic rings. The van der Waals surface area contributed by atoms with Gasteiger partial charge in [-0.2, -0.15) is 0 Å². The third-order valence-corrected chi connectivity index (χ3v) is 3.53. The molecule has 20 heavy (non-hydrogen) atoms. The van der Waals surface area contributed by atoms with Crippen molar-refractivity contribution in [2.75, 3.05) is 0 Å². The zero-order chi connectivity index (χ0) is 14.5. The summed E-state index contributed by atoms with van der Waals surface area (Å²) < 4.78 is 0. The number of phenolic OH excluding ortho intramolecular Hbond substituents is 1. The average molecular weight is 275 g/mol. The van der Waals surface area contributed by atoms with Gasteiger partial charge in [-0.15, -0.1) is 0 Å². The van der Waals surface area contributed by atoms with Crippen LogP contribution in [0, 0.1) is 11.8 Å². The molecule has 1 aromatic carbocycles. The largest absolute Gasteiger partial charge is 0.508 e. The summed E-state index contributed by atoms with van der Waals surface area (Å²) >= 11 is 0. The van der Waals surface area contributed by atoms with Crippen molar-refractivity contribution in [1.82, 2.24) is 5.32 Å². The number of rotatable bonds is 4. The fraction of sp³-hybridized carbons (Fsp3) is 0.333. The molecule has 2 rings (SSSR count). The predicted molar refractivity (Wildman–Crippen MR) is 72.9 cm³/mol. The van der Waals surface area contributed by atoms with Gasteiger partial charge in [-0.05, 0) is 18.9 Å². The first-order valence-electron chi connectivity index (χ1n) is 6.52. The van der Waals surface area contributed by atoms with Crippen LogP contribution in [0.25, 0.3) is 0 Å². The molecule has 0 radical (unpaired) electrons. The van der Waals surface area contributed by atoms with E-state index in [1.165, 1.54) is 0 Å². The van der Waals surface area contributed by atoms with Gasteiger partial charge in [0.2, 0.25) is 5.91 Å². The van der Waals surface area contributed by atoms with Gasteiger partial charge >= 0.3 is 5.97 Å². The van der Waals surface area contributed by atoms with Gasteiger partial charge in [-0.1, -0.05) is 30.4 Å². The number of carbonyl (C=O) groups is 2. The van der Waals surface area contributed by atoms with E-state index in [0.29, 0.717) is 18.4 Å². The topological polar surface area (TPSA) is 86.6 Å². The molecule has 106 valence electrons. The Hall–Kier alpha value is -2.30. The van der Waals surface area contributed by atoms with Crippen LogP contribution in [0.3, 0.4) is 0 Å². The summed E-state index contributed by atoms with van der Waals surface area (Å²) in [7, 11) is 0. The van der Waals surface area contributed by atoms with Crippen LogP contribution in [0.1, 0.15) is 18.4 Å². The van der Waals surface area contributed by atoms with E-state index in [2.05, 4.69) is 5.32 Å². The number of aliphatic carboxylic acids is 1. The van der Waals surface area contributed by atoms with Crippen molar-refractivity contribution >= 4 is 11.9 Å². The van der Waals surface area contributed by atoms with Crippen molar-refractivity contribution in [1.29, 1.82) is 0 Å². The van der Waals surface area contributed by atoms with Crippen LogP contribution in [-0.4, -0.2) is 22.1 Å². The first kappa shape index (κ1) is 14.1. The van der Waals surface area contributed by atoms with E-state index in [1.54, 1.807) is 30.3 Å². The van der Waals surface area contributed by atoms with Crippen LogP contribution in [0.2, 0.25) is 0 Å². The minimum atomic E-state index is -0.947. The third-order valence-electron chi connectivity index (χ3n) is 3.53. The molecule has 0 saturated carbocycles. The maximum Gasteiger partial charge on any atom is 0.307 e. The Labute approximate surface area is 116 Å². The third kappa shape index (κ3) is 3.17. The summed E-state index contributed by atoms with van der Waals surface area (Å²) in [5.41, 5.74) is 0.610. The molecule has 3 N–H and O–H groups in total. The number of hydrogen-bond donors (Lipinski definition) is 3. The van der Waals surface area contributed by atoms with Crippen molar-refractivity contribution in [3.8, 4) is 5.75 Å². The summed E-state index contributed by atoms with van der Waals surface area (Å²) in [6.45, 7) is 0.193. The Kier molecular flexibility index (Phi) is 4.40. The number of aromatic hydroxyl groups is 1. The van der Waals surface area contributed by atoms with Crippen molar-refractivity contribution in [2.24, 2.45) is 11.8 Å². The minimum Gasteiger partial charge on any atom is -0.508 e. The minimum absolute atomic E-state index is 0.117. The van der Waals surface area contributed by atoms with Gasteiger partial charge in [0, 0.05) is 12.1 Å². The molecule has 5 nitrogen and oxygen atoms in total. The maximum absolute atomic E-state index is 12.1. The summed E-state index contributed by atoms with van der Waals surface area (Å²) in [5.74, 6) is -2.35. The van der Waals surface area contributed by atoms with E-state index in [4.69, 9.17) is 5.11 Å². The van der Waals surface area contributed by atoms with E-state index in [9.17, 15) is 14.7 Å². The lowest BCUT2D eigenvalue weighted by Crippen LogP contribution is -2.38. The van der Waals surface area contributed by atoms with E-state index in [1.807, 2.05) is 6.08 Å². The molecule has 0 spiro atoms. The first-order chi connectivity index (χ1) is 9.59. The molecule has 0 unspecified atom stereocenters. The fourth-order valence-corrected chi connectivity index (χ4v) is 2.35. The number of phenols is 1. The zero-order valence-corrected chi connectivity index (χ0v) is 11.0. The molecule has 0 saturated heterocycles. The average Bonchev–Trinajstić information content (AvgIpc) is 2.46. The number of benzene rings is 1. The van der Waals surface area contributed by atoms with E-state index < -0.39 is 17.8 Å². The lowest BCUT2D eigenvalue weighted by atomic mass is 9.82. The standard InChI is InChI=1S/C15H17NO4/c17-13-8-4-1-5-10(13)9-16-14(18)11-6-2-3-7-12(11)15(19)20/h1-5,8,11-12,17H,6-7,9H2,(H,16,18)(H,19,20)/t11-,12+/m1/s1. The summed E-state index contributed by atoms with van der Waals surface area (Å²) in [5, 5.41) is 21.4. The van der Waals surface area contributed by atoms with E-state index in [0.717, 1.165) is 0 Å². The van der Waals surface area contributed by atoms with Crippen LogP contribution < -0.4 is 5.32 Å². The van der Waals surface area contributed by atoms with Crippen molar-refractivity contribution in [3.63, 3.8) is 0 Å². The van der Waals surface area contributed by atoms with Crippen molar-refractivity contribution < 1.29 is 19.8 Å². The molecule has 2 atom stereocenters. The second-order valence-corrected chi connectivity index (χ2v) is 4.84. The fourth-order valence-electron chi connectivity index (χ4n) is 2.35. The molecular weight excluding hydrogens is 258 g/mol. The van der Waals surface area contributed by atoms with Crippen molar-refractivity contribution in [2.45, 2.75) is 19.4 Å². The van der Waals surface area contributed by atoms with Gasteiger partial charge in [-0.3, -0.25) is 9.59 Å². The predicted octanol–water partition coefficient (Wildman–Crippen LogP) is 1.68. The van der Waals surface area contributed by atoms with E-state index in [-0.39, 0.29) is 18.2 Å². The maximum atomic E-state index is 12.1. The number of hydrogen-bond acceptors (Lipinski definition) is 3. The number of carboxylic acids is 1. The molecule has 1 amide bonds. The van der Waals surface area contributed by atoms with Crippen LogP contribution in [-0.2, 0) is 16.1 Å². The Bertz CT molecular complexity index is 538. The quantitative estimate of drug-likeness (QED) is 0.730. The number of carboxylic acid groups (broad SMARTS) is 1. The van der Waals surface area contributed by atoms with Gasteiger partial charge in [0.05, 0.1) is 11.8 Å². The van der Waals surface area contributed by atoms with Crippen LogP contribution in [0.5, 0.6) is 5.75 Å². The lowest BCUT2D eigenvalue weighted by Gasteiger charge is -2.24. The highest BCUT2D eigenvalue weighted by molar-refractivity contribution is 5.85. The monoisotopic (exact) mass is 275 g/mol. The second kappa shape index (κ2) is 6.23. The van der Waals surface area contributed by atoms with Crippen LogP contribution in [0.15, 0.2) is 36.4 Å². The van der Waals surface area contributed by atoms with Gasteiger partial charge < -0.3 is 15.5 Å². The van der Waals surface area contributed by atoms with Gasteiger partial charge in [0.1, 0.15) is 5.75 Å². The number of para-hydroxylation sites is 1. The smallest absolute Gasteiger partial charge is 0.307 e.